The van der Waals surface area contributed by atoms with Crippen LogP contribution in [0, 0.1) is 0 Å². The Bertz CT molecular complexity index is 1170. The van der Waals surface area contributed by atoms with Crippen molar-refractivity contribution in [2.45, 2.75) is 37.2 Å². The van der Waals surface area contributed by atoms with Crippen LogP contribution in [0.3, 0.4) is 0 Å². The maximum Gasteiger partial charge on any atom is 0.262 e. The predicted octanol–water partition coefficient (Wildman–Crippen LogP) is 5.56. The first-order chi connectivity index (χ1) is 13.5. The zero-order valence-corrected chi connectivity index (χ0v) is 17.8. The summed E-state index contributed by atoms with van der Waals surface area (Å²) in [7, 11) is 0. The fraction of sp³-hybridized carbons (Fsp3) is 0.250. The van der Waals surface area contributed by atoms with Gasteiger partial charge in [-0.1, -0.05) is 37.2 Å². The van der Waals surface area contributed by atoms with Crippen molar-refractivity contribution in [1.82, 2.24) is 14.5 Å². The van der Waals surface area contributed by atoms with Crippen LogP contribution in [0.2, 0.25) is 5.02 Å². The second-order valence-electron chi connectivity index (χ2n) is 6.65. The molecule has 0 aliphatic heterocycles. The Morgan fingerprint density at radius 1 is 1.29 bits per heavy atom. The lowest BCUT2D eigenvalue weighted by atomic mass is 10.2. The van der Waals surface area contributed by atoms with Gasteiger partial charge < -0.3 is 4.42 Å². The van der Waals surface area contributed by atoms with Crippen molar-refractivity contribution >= 4 is 45.6 Å². The molecule has 0 atom stereocenters. The third-order valence-electron chi connectivity index (χ3n) is 4.19. The van der Waals surface area contributed by atoms with Gasteiger partial charge in [-0.25, -0.2) is 9.97 Å². The Labute approximate surface area is 175 Å². The van der Waals surface area contributed by atoms with Crippen LogP contribution in [0.25, 0.3) is 10.9 Å². The SMILES string of the molecule is CC(C)c1nc(CSc2nc3cc(Cl)ccc3c(=O)n2Cc2ccco2)cs1. The van der Waals surface area contributed by atoms with Gasteiger partial charge in [0.05, 0.1) is 34.4 Å². The van der Waals surface area contributed by atoms with E-state index >= 15 is 0 Å². The first kappa shape index (κ1) is 19.2. The lowest BCUT2D eigenvalue weighted by Crippen LogP contribution is -2.23. The molecule has 0 fully saturated rings. The van der Waals surface area contributed by atoms with E-state index in [4.69, 9.17) is 21.0 Å². The number of halogens is 1. The Hall–Kier alpha value is -2.09. The van der Waals surface area contributed by atoms with Crippen molar-refractivity contribution in [2.75, 3.05) is 0 Å². The topological polar surface area (TPSA) is 60.9 Å². The third kappa shape index (κ3) is 4.01. The maximum absolute atomic E-state index is 13.1. The second-order valence-corrected chi connectivity index (χ2v) is 8.92. The summed E-state index contributed by atoms with van der Waals surface area (Å²) >= 11 is 9.26. The summed E-state index contributed by atoms with van der Waals surface area (Å²) in [5.41, 5.74) is 1.47. The van der Waals surface area contributed by atoms with E-state index < -0.39 is 0 Å². The number of nitrogens with zero attached hydrogens (tertiary/aromatic N) is 3. The first-order valence-corrected chi connectivity index (χ1v) is 11.0. The minimum Gasteiger partial charge on any atom is -0.467 e. The highest BCUT2D eigenvalue weighted by Gasteiger charge is 2.15. The molecule has 144 valence electrons. The molecule has 1 aromatic carbocycles. The molecule has 0 unspecified atom stereocenters. The van der Waals surface area contributed by atoms with E-state index in [-0.39, 0.29) is 5.56 Å². The van der Waals surface area contributed by atoms with Gasteiger partial charge in [0.1, 0.15) is 5.76 Å². The summed E-state index contributed by atoms with van der Waals surface area (Å²) < 4.78 is 7.09. The highest BCUT2D eigenvalue weighted by molar-refractivity contribution is 7.98. The Kier molecular flexibility index (Phi) is 5.57. The number of rotatable bonds is 6. The quantitative estimate of drug-likeness (QED) is 0.295. The van der Waals surface area contributed by atoms with E-state index in [0.717, 1.165) is 10.7 Å². The summed E-state index contributed by atoms with van der Waals surface area (Å²) in [6.07, 6.45) is 1.60. The van der Waals surface area contributed by atoms with Gasteiger partial charge in [0.25, 0.3) is 5.56 Å². The van der Waals surface area contributed by atoms with Crippen molar-refractivity contribution in [3.8, 4) is 0 Å². The number of thiazole rings is 1. The van der Waals surface area contributed by atoms with Crippen LogP contribution in [-0.2, 0) is 12.3 Å². The number of hydrogen-bond donors (Lipinski definition) is 0. The van der Waals surface area contributed by atoms with Gasteiger partial charge in [-0.15, -0.1) is 11.3 Å². The van der Waals surface area contributed by atoms with Crippen LogP contribution >= 0.6 is 34.7 Å². The highest BCUT2D eigenvalue weighted by Crippen LogP contribution is 2.26. The van der Waals surface area contributed by atoms with E-state index in [2.05, 4.69) is 24.2 Å². The molecule has 5 nitrogen and oxygen atoms in total. The zero-order chi connectivity index (χ0) is 19.7. The van der Waals surface area contributed by atoms with E-state index in [1.807, 2.05) is 12.1 Å². The van der Waals surface area contributed by atoms with E-state index in [0.29, 0.717) is 45.1 Å². The van der Waals surface area contributed by atoms with Crippen molar-refractivity contribution in [1.29, 1.82) is 0 Å². The number of thioether (sulfide) groups is 1. The summed E-state index contributed by atoms with van der Waals surface area (Å²) in [4.78, 5) is 22.5. The molecule has 0 aliphatic rings. The lowest BCUT2D eigenvalue weighted by molar-refractivity contribution is 0.476. The Morgan fingerprint density at radius 2 is 2.14 bits per heavy atom. The molecule has 3 heterocycles. The predicted molar refractivity (Wildman–Crippen MR) is 115 cm³/mol. The molecular formula is C20H18ClN3O2S2. The van der Waals surface area contributed by atoms with Gasteiger partial charge in [-0.2, -0.15) is 0 Å². The second kappa shape index (κ2) is 8.11. The number of fused-ring (bicyclic) bond motifs is 1. The molecule has 0 spiro atoms. The standard InChI is InChI=1S/C20H18ClN3O2S2/c1-12(2)18-22-14(10-27-18)11-28-20-23-17-8-13(21)5-6-16(17)19(25)24(20)9-15-4-3-7-26-15/h3-8,10,12H,9,11H2,1-2H3. The molecule has 0 bridgehead atoms. The van der Waals surface area contributed by atoms with Crippen LogP contribution in [0.1, 0.15) is 36.2 Å². The van der Waals surface area contributed by atoms with E-state index in [9.17, 15) is 4.79 Å². The molecule has 0 saturated heterocycles. The molecule has 0 aliphatic carbocycles. The van der Waals surface area contributed by atoms with Gasteiger partial charge in [0.2, 0.25) is 0 Å². The van der Waals surface area contributed by atoms with Crippen LogP contribution in [0.15, 0.2) is 56.3 Å². The number of hydrogen-bond acceptors (Lipinski definition) is 6. The average molecular weight is 432 g/mol. The fourth-order valence-electron chi connectivity index (χ4n) is 2.77. The van der Waals surface area contributed by atoms with Gasteiger partial charge in [-0.05, 0) is 30.3 Å². The van der Waals surface area contributed by atoms with Gasteiger partial charge >= 0.3 is 0 Å². The van der Waals surface area contributed by atoms with Crippen LogP contribution in [0.4, 0.5) is 0 Å². The number of aromatic nitrogens is 3. The number of furan rings is 1. The molecule has 4 aromatic rings. The first-order valence-electron chi connectivity index (χ1n) is 8.81. The third-order valence-corrected chi connectivity index (χ3v) is 6.63. The maximum atomic E-state index is 13.1. The molecule has 0 radical (unpaired) electrons. The molecule has 0 N–H and O–H groups in total. The molecule has 0 saturated carbocycles. The van der Waals surface area contributed by atoms with Crippen LogP contribution in [0.5, 0.6) is 0 Å². The summed E-state index contributed by atoms with van der Waals surface area (Å²) in [6, 6.07) is 8.81. The summed E-state index contributed by atoms with van der Waals surface area (Å²) in [5, 5.41) is 4.89. The molecule has 28 heavy (non-hydrogen) atoms. The average Bonchev–Trinajstić information content (AvgIpc) is 3.34. The monoisotopic (exact) mass is 431 g/mol. The minimum atomic E-state index is -0.110. The molecule has 3 aromatic heterocycles. The Balaban J connectivity index is 1.72. The van der Waals surface area contributed by atoms with Gasteiger partial charge in [-0.3, -0.25) is 9.36 Å². The van der Waals surface area contributed by atoms with Crippen molar-refractivity contribution in [3.63, 3.8) is 0 Å². The van der Waals surface area contributed by atoms with Crippen molar-refractivity contribution < 1.29 is 4.42 Å². The lowest BCUT2D eigenvalue weighted by Gasteiger charge is -2.12. The Morgan fingerprint density at radius 3 is 2.86 bits per heavy atom. The largest absolute Gasteiger partial charge is 0.467 e. The van der Waals surface area contributed by atoms with Gasteiger partial charge in [0.15, 0.2) is 5.16 Å². The molecule has 4 rings (SSSR count). The summed E-state index contributed by atoms with van der Waals surface area (Å²) in [6.45, 7) is 4.59. The molecule has 0 amide bonds. The van der Waals surface area contributed by atoms with Crippen LogP contribution < -0.4 is 5.56 Å². The normalized spacial score (nSPS) is 11.6. The highest BCUT2D eigenvalue weighted by atomic mass is 35.5. The van der Waals surface area contributed by atoms with Crippen LogP contribution in [-0.4, -0.2) is 14.5 Å². The minimum absolute atomic E-state index is 0.110. The zero-order valence-electron chi connectivity index (χ0n) is 15.4. The number of benzene rings is 1. The summed E-state index contributed by atoms with van der Waals surface area (Å²) in [5.74, 6) is 1.75. The van der Waals surface area contributed by atoms with Crippen molar-refractivity contribution in [3.05, 3.63) is 73.8 Å². The smallest absolute Gasteiger partial charge is 0.262 e. The molecule has 8 heteroatoms. The molecular weight excluding hydrogens is 414 g/mol. The van der Waals surface area contributed by atoms with E-state index in [1.54, 1.807) is 40.4 Å². The van der Waals surface area contributed by atoms with Gasteiger partial charge in [0, 0.05) is 22.1 Å². The van der Waals surface area contributed by atoms with E-state index in [1.165, 1.54) is 11.8 Å². The fourth-order valence-corrected chi connectivity index (χ4v) is 4.77. The van der Waals surface area contributed by atoms with Crippen molar-refractivity contribution in [2.24, 2.45) is 0 Å².